The average molecular weight is 222 g/mol. The van der Waals surface area contributed by atoms with Crippen molar-refractivity contribution in [3.8, 4) is 0 Å². The SMILES string of the molecule is O[Si](O)(O)O.[AlH3].[F].[GeH4]. The Morgan fingerprint density at radius 3 is 0.875 bits per heavy atom. The maximum absolute atomic E-state index is 7.33. The molecule has 8 heteroatoms. The molecule has 4 nitrogen and oxygen atoms in total. The van der Waals surface area contributed by atoms with Gasteiger partial charge in [0.25, 0.3) is 0 Å². The summed E-state index contributed by atoms with van der Waals surface area (Å²) < 4.78 is 0. The summed E-state index contributed by atoms with van der Waals surface area (Å²) in [5.74, 6) is 0. The molecule has 0 heterocycles. The Kier molecular flexibility index (Phi) is 23.2. The summed E-state index contributed by atoms with van der Waals surface area (Å²) in [6, 6.07) is 0. The van der Waals surface area contributed by atoms with E-state index in [4.69, 9.17) is 19.2 Å². The summed E-state index contributed by atoms with van der Waals surface area (Å²) in [6.45, 7) is 0. The Bertz CT molecular complexity index is 31.5. The van der Waals surface area contributed by atoms with Crippen molar-refractivity contribution in [1.29, 1.82) is 0 Å². The Morgan fingerprint density at radius 1 is 0.875 bits per heavy atom. The number of hydrogen-bond acceptors (Lipinski definition) is 4. The summed E-state index contributed by atoms with van der Waals surface area (Å²) in [5, 5.41) is 0. The van der Waals surface area contributed by atoms with Gasteiger partial charge in [0.05, 0.1) is 0 Å². The van der Waals surface area contributed by atoms with Crippen molar-refractivity contribution in [3.63, 3.8) is 0 Å². The van der Waals surface area contributed by atoms with Crippen molar-refractivity contribution in [1.82, 2.24) is 0 Å². The quantitative estimate of drug-likeness (QED) is 0.310. The second-order valence-electron chi connectivity index (χ2n) is 0.600. The molecular weight excluding hydrogens is 211 g/mol. The summed E-state index contributed by atoms with van der Waals surface area (Å²) in [6.07, 6.45) is 0. The van der Waals surface area contributed by atoms with Gasteiger partial charge in [0, 0.05) is 4.70 Å². The first-order valence-corrected chi connectivity index (χ1v) is 2.68. The molecule has 4 N–H and O–H groups in total. The van der Waals surface area contributed by atoms with E-state index < -0.39 is 9.05 Å². The Labute approximate surface area is 68.1 Å². The van der Waals surface area contributed by atoms with Crippen molar-refractivity contribution in [2.75, 3.05) is 0 Å². The van der Waals surface area contributed by atoms with Crippen LogP contribution in [0.25, 0.3) is 0 Å². The zero-order valence-electron chi connectivity index (χ0n) is 2.67. The first kappa shape index (κ1) is 23.0. The predicted octanol–water partition coefficient (Wildman–Crippen LogP) is -4.82. The summed E-state index contributed by atoms with van der Waals surface area (Å²) >= 11 is 0. The van der Waals surface area contributed by atoms with Gasteiger partial charge < -0.3 is 19.2 Å². The maximum atomic E-state index is 7.33. The molecule has 0 aromatic carbocycles. The Morgan fingerprint density at radius 2 is 0.875 bits per heavy atom. The van der Waals surface area contributed by atoms with E-state index in [0.717, 1.165) is 0 Å². The van der Waals surface area contributed by atoms with Gasteiger partial charge in [0.15, 0.2) is 17.4 Å². The van der Waals surface area contributed by atoms with Crippen LogP contribution < -0.4 is 0 Å². The van der Waals surface area contributed by atoms with E-state index >= 15 is 0 Å². The fraction of sp³-hybridized carbons (Fsp3) is 0. The number of halogens is 1. The Hall–Kier alpha value is 1.06. The van der Waals surface area contributed by atoms with Gasteiger partial charge in [-0.05, 0) is 0 Å². The van der Waals surface area contributed by atoms with Gasteiger partial charge in [-0.3, -0.25) is 0 Å². The zero-order valence-corrected chi connectivity index (χ0v) is 3.67. The molecule has 0 saturated heterocycles. The third-order valence-electron chi connectivity index (χ3n) is 0. The topological polar surface area (TPSA) is 80.9 Å². The molecule has 53 valence electrons. The van der Waals surface area contributed by atoms with Crippen LogP contribution in [0.4, 0.5) is 4.70 Å². The van der Waals surface area contributed by atoms with Crippen molar-refractivity contribution in [2.24, 2.45) is 0 Å². The van der Waals surface area contributed by atoms with E-state index in [1.54, 1.807) is 0 Å². The van der Waals surface area contributed by atoms with Gasteiger partial charge >= 0.3 is 26.6 Å². The fourth-order valence-corrected chi connectivity index (χ4v) is 0. The molecule has 8 heavy (non-hydrogen) atoms. The van der Waals surface area contributed by atoms with Gasteiger partial charge in [-0.1, -0.05) is 0 Å². The van der Waals surface area contributed by atoms with Crippen LogP contribution in [0.3, 0.4) is 0 Å². The summed E-state index contributed by atoms with van der Waals surface area (Å²) in [5.41, 5.74) is 0. The molecule has 0 aliphatic heterocycles. The molecule has 1 radical (unpaired) electrons. The van der Waals surface area contributed by atoms with Gasteiger partial charge in [-0.15, -0.1) is 0 Å². The minimum absolute atomic E-state index is 0. The van der Waals surface area contributed by atoms with E-state index in [-0.39, 0.29) is 39.7 Å². The second kappa shape index (κ2) is 8.06. The van der Waals surface area contributed by atoms with Crippen LogP contribution in [0, 0.1) is 0 Å². The van der Waals surface area contributed by atoms with Crippen molar-refractivity contribution < 1.29 is 23.9 Å². The van der Waals surface area contributed by atoms with Crippen LogP contribution in [-0.2, 0) is 0 Å². The van der Waals surface area contributed by atoms with Crippen molar-refractivity contribution in [3.05, 3.63) is 0 Å². The van der Waals surface area contributed by atoms with E-state index in [1.165, 1.54) is 0 Å². The molecular formula is H11AlFGeO4Si. The molecule has 0 spiro atoms. The average Bonchev–Trinajstić information content (AvgIpc) is 0.722. The van der Waals surface area contributed by atoms with E-state index in [0.29, 0.717) is 0 Å². The molecule has 0 aromatic heterocycles. The third-order valence-corrected chi connectivity index (χ3v) is 0. The molecule has 0 unspecified atom stereocenters. The van der Waals surface area contributed by atoms with Crippen LogP contribution in [0.1, 0.15) is 0 Å². The first-order valence-electron chi connectivity index (χ1n) is 0.894. The van der Waals surface area contributed by atoms with Crippen LogP contribution in [-0.4, -0.2) is 63.2 Å². The molecule has 0 rings (SSSR count). The molecule has 0 aliphatic rings. The summed E-state index contributed by atoms with van der Waals surface area (Å²) in [4.78, 5) is 29.3. The Balaban J connectivity index is -0.0000000267. The van der Waals surface area contributed by atoms with Crippen LogP contribution in [0.2, 0.25) is 0 Å². The third kappa shape index (κ3) is 230. The molecule has 0 atom stereocenters. The molecule has 0 amide bonds. The number of rotatable bonds is 0. The van der Waals surface area contributed by atoms with Crippen LogP contribution >= 0.6 is 0 Å². The van der Waals surface area contributed by atoms with E-state index in [2.05, 4.69) is 0 Å². The molecule has 0 fully saturated rings. The van der Waals surface area contributed by atoms with Gasteiger partial charge in [-0.25, -0.2) is 0 Å². The van der Waals surface area contributed by atoms with E-state index in [1.807, 2.05) is 0 Å². The monoisotopic (exact) mass is 223 g/mol. The van der Waals surface area contributed by atoms with Gasteiger partial charge in [0.2, 0.25) is 0 Å². The zero-order chi connectivity index (χ0) is 4.50. The minimum atomic E-state index is -4.61. The van der Waals surface area contributed by atoms with E-state index in [9.17, 15) is 0 Å². The fourth-order valence-electron chi connectivity index (χ4n) is 0. The molecule has 0 aromatic rings. The van der Waals surface area contributed by atoms with Gasteiger partial charge in [0.1, 0.15) is 0 Å². The van der Waals surface area contributed by atoms with Crippen molar-refractivity contribution >= 4 is 44.0 Å². The second-order valence-corrected chi connectivity index (χ2v) is 1.80. The summed E-state index contributed by atoms with van der Waals surface area (Å²) in [7, 11) is -4.61. The predicted molar refractivity (Wildman–Crippen MR) is 37.0 cm³/mol. The molecule has 0 aliphatic carbocycles. The molecule has 0 saturated carbocycles. The van der Waals surface area contributed by atoms with Crippen LogP contribution in [0.5, 0.6) is 0 Å². The number of hydrogen-bond donors (Lipinski definition) is 4. The standard InChI is InChI=1S/Al.F.GeH4.H4O4Si.3H/c;;;1-5(2,3)4;;;/h;;1H4;1-4H;;;. The van der Waals surface area contributed by atoms with Crippen molar-refractivity contribution in [2.45, 2.75) is 0 Å². The first-order chi connectivity index (χ1) is 2.00. The molecule has 0 bridgehead atoms. The normalized spacial score (nSPS) is 7.50. The van der Waals surface area contributed by atoms with Crippen LogP contribution in [0.15, 0.2) is 0 Å². The van der Waals surface area contributed by atoms with Gasteiger partial charge in [-0.2, -0.15) is 0 Å².